The Kier molecular flexibility index (Phi) is 4.42. The largest absolute Gasteiger partial charge is 0.507 e. The number of esters is 1. The number of phenolic OH excluding ortho intramolecular Hbond substituents is 1. The second-order valence-electron chi connectivity index (χ2n) is 7.24. The van der Waals surface area contributed by atoms with E-state index in [9.17, 15) is 9.90 Å². The van der Waals surface area contributed by atoms with Gasteiger partial charge in [0, 0.05) is 17.1 Å². The predicted octanol–water partition coefficient (Wildman–Crippen LogP) is 5.25. The summed E-state index contributed by atoms with van der Waals surface area (Å²) >= 11 is 0. The Balaban J connectivity index is 2.25. The Hall–Kier alpha value is -2.55. The van der Waals surface area contributed by atoms with Crippen LogP contribution in [0.2, 0.25) is 0 Å². The van der Waals surface area contributed by atoms with Crippen LogP contribution in [-0.2, 0) is 4.79 Å². The fourth-order valence-electron chi connectivity index (χ4n) is 3.41. The lowest BCUT2D eigenvalue weighted by atomic mass is 9.80. The molecule has 0 fully saturated rings. The first-order chi connectivity index (χ1) is 11.8. The molecule has 0 radical (unpaired) electrons. The Labute approximate surface area is 149 Å². The van der Waals surface area contributed by atoms with Crippen LogP contribution in [0.4, 0.5) is 0 Å². The number of ether oxygens (including phenoxy) is 1. The number of carbonyl (C=O) groups is 1. The summed E-state index contributed by atoms with van der Waals surface area (Å²) in [6, 6.07) is 11.6. The number of benzene rings is 2. The van der Waals surface area contributed by atoms with E-state index in [1.807, 2.05) is 30.3 Å². The number of rotatable bonds is 3. The van der Waals surface area contributed by atoms with Crippen LogP contribution < -0.4 is 4.74 Å². The molecule has 0 aromatic heterocycles. The van der Waals surface area contributed by atoms with Crippen molar-refractivity contribution < 1.29 is 14.6 Å². The first-order valence-electron chi connectivity index (χ1n) is 8.67. The summed E-state index contributed by atoms with van der Waals surface area (Å²) in [6.45, 7) is 12.2. The van der Waals surface area contributed by atoms with Gasteiger partial charge in [0.2, 0.25) is 0 Å². The lowest BCUT2D eigenvalue weighted by Crippen LogP contribution is -2.24. The van der Waals surface area contributed by atoms with Crippen molar-refractivity contribution in [2.75, 3.05) is 0 Å². The van der Waals surface area contributed by atoms with Gasteiger partial charge in [-0.1, -0.05) is 64.6 Å². The number of para-hydroxylation sites is 1. The second kappa shape index (κ2) is 6.40. The van der Waals surface area contributed by atoms with Crippen molar-refractivity contribution in [3.05, 3.63) is 70.8 Å². The minimum atomic E-state index is -0.394. The SMILES string of the molecule is C=C1C(=O)Oc2ccccc2[C@@H]1c1cc(C(C)C)c(O)c(C(C)C)c1. The maximum Gasteiger partial charge on any atom is 0.339 e. The van der Waals surface area contributed by atoms with Crippen molar-refractivity contribution in [1.82, 2.24) is 0 Å². The van der Waals surface area contributed by atoms with Crippen molar-refractivity contribution in [1.29, 1.82) is 0 Å². The highest BCUT2D eigenvalue weighted by Gasteiger charge is 2.33. The zero-order valence-corrected chi connectivity index (χ0v) is 15.2. The molecule has 25 heavy (non-hydrogen) atoms. The molecule has 1 aliphatic rings. The average molecular weight is 336 g/mol. The van der Waals surface area contributed by atoms with Crippen molar-refractivity contribution in [3.8, 4) is 11.5 Å². The minimum Gasteiger partial charge on any atom is -0.507 e. The summed E-state index contributed by atoms with van der Waals surface area (Å²) in [5.74, 6) is 0.635. The van der Waals surface area contributed by atoms with E-state index in [1.165, 1.54) is 0 Å². The maximum atomic E-state index is 12.3. The van der Waals surface area contributed by atoms with E-state index in [0.717, 1.165) is 22.3 Å². The third kappa shape index (κ3) is 2.95. The second-order valence-corrected chi connectivity index (χ2v) is 7.24. The number of carbonyl (C=O) groups excluding carboxylic acids is 1. The monoisotopic (exact) mass is 336 g/mol. The Morgan fingerprint density at radius 1 is 1.04 bits per heavy atom. The minimum absolute atomic E-state index is 0.177. The molecule has 3 rings (SSSR count). The third-order valence-electron chi connectivity index (χ3n) is 4.81. The van der Waals surface area contributed by atoms with Crippen LogP contribution in [0.3, 0.4) is 0 Å². The molecule has 1 N–H and O–H groups in total. The van der Waals surface area contributed by atoms with Gasteiger partial charge in [0.25, 0.3) is 0 Å². The van der Waals surface area contributed by atoms with Crippen LogP contribution in [0.25, 0.3) is 0 Å². The summed E-state index contributed by atoms with van der Waals surface area (Å²) in [7, 11) is 0. The Morgan fingerprint density at radius 2 is 1.60 bits per heavy atom. The van der Waals surface area contributed by atoms with E-state index in [0.29, 0.717) is 17.1 Å². The number of hydrogen-bond acceptors (Lipinski definition) is 3. The summed E-state index contributed by atoms with van der Waals surface area (Å²) in [4.78, 5) is 12.3. The van der Waals surface area contributed by atoms with Gasteiger partial charge in [-0.05, 0) is 34.6 Å². The summed E-state index contributed by atoms with van der Waals surface area (Å²) in [5, 5.41) is 10.7. The molecule has 0 aliphatic carbocycles. The molecule has 0 saturated heterocycles. The van der Waals surface area contributed by atoms with Crippen molar-refractivity contribution >= 4 is 5.97 Å². The maximum absolute atomic E-state index is 12.3. The van der Waals surface area contributed by atoms with Crippen molar-refractivity contribution in [3.63, 3.8) is 0 Å². The molecule has 1 aliphatic heterocycles. The topological polar surface area (TPSA) is 46.5 Å². The first-order valence-corrected chi connectivity index (χ1v) is 8.67. The van der Waals surface area contributed by atoms with Gasteiger partial charge in [0.15, 0.2) is 0 Å². The van der Waals surface area contributed by atoms with Crippen LogP contribution in [0.5, 0.6) is 11.5 Å². The molecule has 1 heterocycles. The standard InChI is InChI=1S/C22H24O3/c1-12(2)17-10-15(11-18(13(3)4)21(17)23)20-14(5)22(24)25-19-9-7-6-8-16(19)20/h6-13,20,23H,5H2,1-4H3/t20-/m0/s1. The van der Waals surface area contributed by atoms with Crippen LogP contribution in [0, 0.1) is 0 Å². The lowest BCUT2D eigenvalue weighted by molar-refractivity contribution is -0.131. The van der Waals surface area contributed by atoms with Crippen molar-refractivity contribution in [2.24, 2.45) is 0 Å². The lowest BCUT2D eigenvalue weighted by Gasteiger charge is -2.28. The van der Waals surface area contributed by atoms with Crippen LogP contribution >= 0.6 is 0 Å². The molecule has 0 amide bonds. The molecule has 2 aromatic carbocycles. The number of fused-ring (bicyclic) bond motifs is 1. The van der Waals surface area contributed by atoms with Gasteiger partial charge in [-0.3, -0.25) is 0 Å². The molecule has 3 nitrogen and oxygen atoms in total. The molecular weight excluding hydrogens is 312 g/mol. The number of phenols is 1. The van der Waals surface area contributed by atoms with Gasteiger partial charge in [0.1, 0.15) is 11.5 Å². The average Bonchev–Trinajstić information content (AvgIpc) is 2.56. The molecule has 0 unspecified atom stereocenters. The van der Waals surface area contributed by atoms with Gasteiger partial charge in [-0.15, -0.1) is 0 Å². The van der Waals surface area contributed by atoms with Gasteiger partial charge in [0.05, 0.1) is 0 Å². The highest BCUT2D eigenvalue weighted by molar-refractivity contribution is 5.94. The molecule has 1 atom stereocenters. The Morgan fingerprint density at radius 3 is 2.16 bits per heavy atom. The van der Waals surface area contributed by atoms with Crippen LogP contribution in [0.1, 0.15) is 67.7 Å². The van der Waals surface area contributed by atoms with Gasteiger partial charge >= 0.3 is 5.97 Å². The van der Waals surface area contributed by atoms with Gasteiger partial charge in [-0.2, -0.15) is 0 Å². The summed E-state index contributed by atoms with van der Waals surface area (Å²) in [6.07, 6.45) is 0. The van der Waals surface area contributed by atoms with Crippen LogP contribution in [-0.4, -0.2) is 11.1 Å². The fourth-order valence-corrected chi connectivity index (χ4v) is 3.41. The van der Waals surface area contributed by atoms with E-state index < -0.39 is 5.97 Å². The van der Waals surface area contributed by atoms with E-state index in [4.69, 9.17) is 4.74 Å². The molecule has 2 aromatic rings. The smallest absolute Gasteiger partial charge is 0.339 e. The molecule has 130 valence electrons. The summed E-state index contributed by atoms with van der Waals surface area (Å²) < 4.78 is 5.39. The Bertz CT molecular complexity index is 817. The molecule has 3 heteroatoms. The fraction of sp³-hybridized carbons (Fsp3) is 0.318. The number of aromatic hydroxyl groups is 1. The van der Waals surface area contributed by atoms with E-state index in [-0.39, 0.29) is 17.8 Å². The first kappa shape index (κ1) is 17.3. The normalized spacial score (nSPS) is 17.0. The van der Waals surface area contributed by atoms with Gasteiger partial charge in [-0.25, -0.2) is 4.79 Å². The zero-order chi connectivity index (χ0) is 18.3. The highest BCUT2D eigenvalue weighted by atomic mass is 16.5. The third-order valence-corrected chi connectivity index (χ3v) is 4.81. The molecular formula is C22H24O3. The van der Waals surface area contributed by atoms with Gasteiger partial charge < -0.3 is 9.84 Å². The van der Waals surface area contributed by atoms with E-state index in [1.54, 1.807) is 6.07 Å². The predicted molar refractivity (Wildman–Crippen MR) is 99.3 cm³/mol. The van der Waals surface area contributed by atoms with E-state index in [2.05, 4.69) is 34.3 Å². The highest BCUT2D eigenvalue weighted by Crippen LogP contribution is 2.44. The van der Waals surface area contributed by atoms with Crippen molar-refractivity contribution in [2.45, 2.75) is 45.4 Å². The molecule has 0 saturated carbocycles. The van der Waals surface area contributed by atoms with Crippen LogP contribution in [0.15, 0.2) is 48.6 Å². The molecule has 0 spiro atoms. The summed E-state index contributed by atoms with van der Waals surface area (Å²) in [5.41, 5.74) is 4.12. The van der Waals surface area contributed by atoms with E-state index >= 15 is 0 Å². The number of hydrogen-bond donors (Lipinski definition) is 1. The zero-order valence-electron chi connectivity index (χ0n) is 15.2. The quantitative estimate of drug-likeness (QED) is 0.473. The molecule has 0 bridgehead atoms.